The van der Waals surface area contributed by atoms with Crippen molar-refractivity contribution < 1.29 is 26.6 Å². The summed E-state index contributed by atoms with van der Waals surface area (Å²) in [4.78, 5) is 4.86. The molecule has 0 amide bonds. The van der Waals surface area contributed by atoms with Gasteiger partial charge in [-0.25, -0.2) is 4.68 Å². The minimum Gasteiger partial charge on any atom is -1.00 e. The zero-order chi connectivity index (χ0) is 25.0. The van der Waals surface area contributed by atoms with Gasteiger partial charge in [-0.2, -0.15) is 0 Å². The van der Waals surface area contributed by atoms with Crippen LogP contribution in [0.3, 0.4) is 0 Å². The summed E-state index contributed by atoms with van der Waals surface area (Å²) in [6.07, 6.45) is 0.912. The predicted molar refractivity (Wildman–Crippen MR) is 136 cm³/mol. The van der Waals surface area contributed by atoms with Crippen molar-refractivity contribution in [3.8, 4) is 17.2 Å². The molecule has 0 spiro atoms. The first-order valence-corrected chi connectivity index (χ1v) is 12.1. The molecule has 36 heavy (non-hydrogen) atoms. The molecule has 1 aliphatic rings. The SMILES string of the molecule is CCC(C)(C)n1nnnc1C(c1ccc(OC)c(OC)c1)N1CCN(c2ccc(OC)cc2)CC1.[Cl-]. The molecule has 1 saturated heterocycles. The Labute approximate surface area is 219 Å². The number of nitrogens with zero attached hydrogens (tertiary/aromatic N) is 6. The molecule has 0 N–H and O–H groups in total. The third-order valence-electron chi connectivity index (χ3n) is 7.02. The number of halogens is 1. The van der Waals surface area contributed by atoms with Gasteiger partial charge in [0.25, 0.3) is 0 Å². The highest BCUT2D eigenvalue weighted by molar-refractivity contribution is 5.50. The fraction of sp³-hybridized carbons (Fsp3) is 0.500. The minimum atomic E-state index is -0.210. The number of ether oxygens (including phenoxy) is 3. The summed E-state index contributed by atoms with van der Waals surface area (Å²) >= 11 is 0. The third-order valence-corrected chi connectivity index (χ3v) is 7.02. The molecular weight excluding hydrogens is 480 g/mol. The van der Waals surface area contributed by atoms with E-state index in [0.29, 0.717) is 11.5 Å². The van der Waals surface area contributed by atoms with E-state index in [9.17, 15) is 0 Å². The lowest BCUT2D eigenvalue weighted by atomic mass is 9.98. The van der Waals surface area contributed by atoms with E-state index in [1.54, 1.807) is 21.3 Å². The van der Waals surface area contributed by atoms with Gasteiger partial charge in [-0.3, -0.25) is 4.90 Å². The van der Waals surface area contributed by atoms with Crippen molar-refractivity contribution in [3.05, 3.63) is 53.9 Å². The molecule has 196 valence electrons. The van der Waals surface area contributed by atoms with E-state index in [1.165, 1.54) is 5.69 Å². The van der Waals surface area contributed by atoms with Crippen LogP contribution in [0.25, 0.3) is 0 Å². The summed E-state index contributed by atoms with van der Waals surface area (Å²) in [7, 11) is 5.00. The van der Waals surface area contributed by atoms with Crippen LogP contribution in [0.2, 0.25) is 0 Å². The number of aromatic nitrogens is 4. The summed E-state index contributed by atoms with van der Waals surface area (Å²) in [5.41, 5.74) is 2.06. The van der Waals surface area contributed by atoms with Crippen molar-refractivity contribution in [2.45, 2.75) is 38.8 Å². The Morgan fingerprint density at radius 2 is 1.56 bits per heavy atom. The lowest BCUT2D eigenvalue weighted by Crippen LogP contribution is -3.00. The zero-order valence-corrected chi connectivity index (χ0v) is 22.7. The number of rotatable bonds is 9. The molecule has 1 aliphatic heterocycles. The molecule has 0 bridgehead atoms. The van der Waals surface area contributed by atoms with Gasteiger partial charge in [-0.05, 0) is 72.7 Å². The van der Waals surface area contributed by atoms with Crippen LogP contribution < -0.4 is 31.5 Å². The topological polar surface area (TPSA) is 77.8 Å². The van der Waals surface area contributed by atoms with Gasteiger partial charge in [0.15, 0.2) is 17.3 Å². The van der Waals surface area contributed by atoms with Gasteiger partial charge in [0.05, 0.1) is 32.9 Å². The number of methoxy groups -OCH3 is 3. The maximum absolute atomic E-state index is 5.62. The lowest BCUT2D eigenvalue weighted by Gasteiger charge is -2.40. The molecule has 9 nitrogen and oxygen atoms in total. The minimum absolute atomic E-state index is 0. The number of piperazine rings is 1. The second-order valence-corrected chi connectivity index (χ2v) is 9.35. The fourth-order valence-electron chi connectivity index (χ4n) is 4.52. The number of tetrazole rings is 1. The highest BCUT2D eigenvalue weighted by atomic mass is 35.5. The molecule has 1 fully saturated rings. The Balaban J connectivity index is 0.00000361. The van der Waals surface area contributed by atoms with Gasteiger partial charge in [0.2, 0.25) is 0 Å². The summed E-state index contributed by atoms with van der Waals surface area (Å²) < 4.78 is 18.4. The Morgan fingerprint density at radius 3 is 2.14 bits per heavy atom. The fourth-order valence-corrected chi connectivity index (χ4v) is 4.52. The monoisotopic (exact) mass is 515 g/mol. The standard InChI is InChI=1S/C26H36N6O3.ClH/c1-7-26(2,3)32-25(27-28-29-32)24(19-8-13-22(34-5)23(18-19)35-6)31-16-14-30(15-17-31)20-9-11-21(33-4)12-10-20;/h8-13,18,24H,7,14-17H2,1-6H3;1H/p-1. The molecule has 10 heteroatoms. The normalized spacial score (nSPS) is 15.2. The molecule has 4 rings (SSSR count). The Hall–Kier alpha value is -3.04. The van der Waals surface area contributed by atoms with Crippen LogP contribution in [0.5, 0.6) is 17.2 Å². The average molecular weight is 516 g/mol. The molecule has 0 radical (unpaired) electrons. The third kappa shape index (κ3) is 5.52. The van der Waals surface area contributed by atoms with Crippen molar-refractivity contribution >= 4 is 5.69 Å². The first kappa shape index (κ1) is 27.5. The first-order chi connectivity index (χ1) is 16.9. The number of anilines is 1. The van der Waals surface area contributed by atoms with E-state index < -0.39 is 0 Å². The summed E-state index contributed by atoms with van der Waals surface area (Å²) in [6.45, 7) is 10.0. The molecule has 0 aliphatic carbocycles. The van der Waals surface area contributed by atoms with Crippen LogP contribution in [0, 0.1) is 0 Å². The van der Waals surface area contributed by atoms with E-state index in [4.69, 9.17) is 14.2 Å². The van der Waals surface area contributed by atoms with Gasteiger partial charge in [-0.15, -0.1) is 5.10 Å². The number of hydrogen-bond donors (Lipinski definition) is 0. The van der Waals surface area contributed by atoms with Crippen LogP contribution in [-0.4, -0.2) is 72.6 Å². The number of hydrogen-bond acceptors (Lipinski definition) is 8. The molecule has 1 aromatic heterocycles. The highest BCUT2D eigenvalue weighted by Crippen LogP contribution is 2.36. The lowest BCUT2D eigenvalue weighted by molar-refractivity contribution is -0.00000873. The maximum Gasteiger partial charge on any atom is 0.173 e. The molecule has 2 heterocycles. The highest BCUT2D eigenvalue weighted by Gasteiger charge is 2.34. The van der Waals surface area contributed by atoms with E-state index in [2.05, 4.69) is 64.3 Å². The molecule has 1 unspecified atom stereocenters. The molecule has 0 saturated carbocycles. The second kappa shape index (κ2) is 11.8. The van der Waals surface area contributed by atoms with E-state index in [1.807, 2.05) is 28.9 Å². The first-order valence-electron chi connectivity index (χ1n) is 12.1. The molecule has 2 aromatic carbocycles. The number of benzene rings is 2. The van der Waals surface area contributed by atoms with Crippen LogP contribution in [-0.2, 0) is 5.54 Å². The Morgan fingerprint density at radius 1 is 0.889 bits per heavy atom. The van der Waals surface area contributed by atoms with Crippen LogP contribution in [0.1, 0.15) is 44.6 Å². The van der Waals surface area contributed by atoms with Crippen molar-refractivity contribution in [2.24, 2.45) is 0 Å². The smallest absolute Gasteiger partial charge is 0.173 e. The van der Waals surface area contributed by atoms with E-state index in [-0.39, 0.29) is 24.0 Å². The van der Waals surface area contributed by atoms with Crippen molar-refractivity contribution in [1.82, 2.24) is 25.1 Å². The van der Waals surface area contributed by atoms with Gasteiger partial charge >= 0.3 is 0 Å². The summed E-state index contributed by atoms with van der Waals surface area (Å²) in [5.74, 6) is 3.10. The second-order valence-electron chi connectivity index (χ2n) is 9.35. The van der Waals surface area contributed by atoms with Gasteiger partial charge < -0.3 is 31.5 Å². The van der Waals surface area contributed by atoms with Crippen molar-refractivity contribution in [1.29, 1.82) is 0 Å². The van der Waals surface area contributed by atoms with E-state index >= 15 is 0 Å². The summed E-state index contributed by atoms with van der Waals surface area (Å²) in [5, 5.41) is 13.0. The Bertz CT molecular complexity index is 1110. The average Bonchev–Trinajstić information content (AvgIpc) is 3.39. The molecule has 1 atom stereocenters. The van der Waals surface area contributed by atoms with Crippen molar-refractivity contribution in [2.75, 3.05) is 52.4 Å². The van der Waals surface area contributed by atoms with Crippen LogP contribution in [0.4, 0.5) is 5.69 Å². The molecule has 3 aromatic rings. The van der Waals surface area contributed by atoms with Crippen molar-refractivity contribution in [3.63, 3.8) is 0 Å². The van der Waals surface area contributed by atoms with E-state index in [0.717, 1.165) is 49.7 Å². The zero-order valence-electron chi connectivity index (χ0n) is 21.9. The largest absolute Gasteiger partial charge is 1.00 e. The quantitative estimate of drug-likeness (QED) is 0.413. The van der Waals surface area contributed by atoms with Gasteiger partial charge in [0, 0.05) is 31.9 Å². The predicted octanol–water partition coefficient (Wildman–Crippen LogP) is 0.760. The summed E-state index contributed by atoms with van der Waals surface area (Å²) in [6, 6.07) is 14.2. The van der Waals surface area contributed by atoms with Crippen LogP contribution >= 0.6 is 0 Å². The maximum atomic E-state index is 5.62. The molecular formula is C26H36ClN6O3-. The van der Waals surface area contributed by atoms with Crippen LogP contribution in [0.15, 0.2) is 42.5 Å². The van der Waals surface area contributed by atoms with Gasteiger partial charge in [0.1, 0.15) is 5.75 Å². The van der Waals surface area contributed by atoms with Gasteiger partial charge in [-0.1, -0.05) is 13.0 Å². The Kier molecular flexibility index (Phi) is 9.03.